The van der Waals surface area contributed by atoms with Gasteiger partial charge in [0, 0.05) is 0 Å². The predicted molar refractivity (Wildman–Crippen MR) is 92.3 cm³/mol. The second kappa shape index (κ2) is 6.63. The molecule has 4 saturated carbocycles. The van der Waals surface area contributed by atoms with Gasteiger partial charge in [0.05, 0.1) is 0 Å². The van der Waals surface area contributed by atoms with Gasteiger partial charge in [0.2, 0.25) is 0 Å². The summed E-state index contributed by atoms with van der Waals surface area (Å²) in [4.78, 5) is 0. The molecule has 0 heterocycles. The minimum atomic E-state index is 0.767. The molecule has 0 radical (unpaired) electrons. The van der Waals surface area contributed by atoms with E-state index in [0.29, 0.717) is 0 Å². The third kappa shape index (κ3) is 2.93. The lowest BCUT2D eigenvalue weighted by Gasteiger charge is -2.54. The minimum Gasteiger partial charge on any atom is -0.0656 e. The standard InChI is InChI=1S/C18H30.C3H8/c1-18-11-4-7-17(18)16-9-8-13-5-2-3-6-14(13)15(16)10-12-18;1-3-2/h13-17H,2-12H2,1H3;3H2,1-2H3/t13?,14-,15+,16+,17-,18-;/m0./s1. The van der Waals surface area contributed by atoms with E-state index in [2.05, 4.69) is 20.8 Å². The molecule has 0 aromatic carbocycles. The Balaban J connectivity index is 0.000000409. The van der Waals surface area contributed by atoms with Crippen molar-refractivity contribution < 1.29 is 0 Å². The molecule has 0 aliphatic heterocycles. The molecular formula is C21H38. The second-order valence-corrected chi connectivity index (χ2v) is 9.01. The zero-order valence-electron chi connectivity index (χ0n) is 14.9. The Morgan fingerprint density at radius 1 is 0.714 bits per heavy atom. The summed E-state index contributed by atoms with van der Waals surface area (Å²) in [7, 11) is 0. The molecule has 0 nitrogen and oxygen atoms in total. The maximum atomic E-state index is 2.63. The summed E-state index contributed by atoms with van der Waals surface area (Å²) in [5.74, 6) is 5.72. The Labute approximate surface area is 133 Å². The Morgan fingerprint density at radius 3 is 2.29 bits per heavy atom. The van der Waals surface area contributed by atoms with Gasteiger partial charge in [-0.1, -0.05) is 52.9 Å². The molecule has 0 spiro atoms. The molecule has 0 aromatic rings. The van der Waals surface area contributed by atoms with E-state index < -0.39 is 0 Å². The molecule has 0 aromatic heterocycles. The Morgan fingerprint density at radius 2 is 1.48 bits per heavy atom. The zero-order chi connectivity index (χ0) is 14.9. The first kappa shape index (κ1) is 15.9. The summed E-state index contributed by atoms with van der Waals surface area (Å²) < 4.78 is 0. The molecule has 0 amide bonds. The molecule has 4 aliphatic rings. The molecule has 21 heavy (non-hydrogen) atoms. The maximum absolute atomic E-state index is 2.63. The van der Waals surface area contributed by atoms with E-state index in [0.717, 1.165) is 35.0 Å². The molecule has 4 rings (SSSR count). The van der Waals surface area contributed by atoms with Gasteiger partial charge in [0.25, 0.3) is 0 Å². The number of fused-ring (bicyclic) bond motifs is 5. The van der Waals surface area contributed by atoms with Crippen LogP contribution in [0.5, 0.6) is 0 Å². The van der Waals surface area contributed by atoms with Crippen molar-refractivity contribution >= 4 is 0 Å². The van der Waals surface area contributed by atoms with Gasteiger partial charge in [0.1, 0.15) is 0 Å². The highest BCUT2D eigenvalue weighted by Crippen LogP contribution is 2.62. The van der Waals surface area contributed by atoms with Gasteiger partial charge in [-0.3, -0.25) is 0 Å². The van der Waals surface area contributed by atoms with Crippen LogP contribution in [-0.2, 0) is 0 Å². The van der Waals surface area contributed by atoms with Crippen molar-refractivity contribution in [3.8, 4) is 0 Å². The molecule has 4 fully saturated rings. The molecule has 0 bridgehead atoms. The van der Waals surface area contributed by atoms with Crippen LogP contribution in [0.1, 0.15) is 97.8 Å². The van der Waals surface area contributed by atoms with Gasteiger partial charge in [-0.15, -0.1) is 0 Å². The molecule has 1 unspecified atom stereocenters. The molecule has 0 N–H and O–H groups in total. The largest absolute Gasteiger partial charge is 0.0656 e. The molecule has 122 valence electrons. The van der Waals surface area contributed by atoms with Gasteiger partial charge in [-0.2, -0.15) is 0 Å². The number of hydrogen-bond donors (Lipinski definition) is 0. The summed E-state index contributed by atoms with van der Waals surface area (Å²) in [6.45, 7) is 6.88. The summed E-state index contributed by atoms with van der Waals surface area (Å²) in [5, 5.41) is 0. The monoisotopic (exact) mass is 290 g/mol. The van der Waals surface area contributed by atoms with Crippen molar-refractivity contribution in [2.24, 2.45) is 35.0 Å². The molecule has 6 atom stereocenters. The molecule has 4 aliphatic carbocycles. The summed E-state index contributed by atoms with van der Waals surface area (Å²) in [6.07, 6.45) is 18.5. The van der Waals surface area contributed by atoms with Crippen LogP contribution in [0.2, 0.25) is 0 Å². The van der Waals surface area contributed by atoms with Crippen LogP contribution < -0.4 is 0 Å². The lowest BCUT2D eigenvalue weighted by molar-refractivity contribution is -0.0492. The molecular weight excluding hydrogens is 252 g/mol. The van der Waals surface area contributed by atoms with E-state index in [-0.39, 0.29) is 0 Å². The van der Waals surface area contributed by atoms with Crippen molar-refractivity contribution in [3.05, 3.63) is 0 Å². The van der Waals surface area contributed by atoms with Gasteiger partial charge < -0.3 is 0 Å². The third-order valence-corrected chi connectivity index (χ3v) is 7.66. The Bertz CT molecular complexity index is 333. The van der Waals surface area contributed by atoms with Crippen molar-refractivity contribution in [2.75, 3.05) is 0 Å². The smallest absolute Gasteiger partial charge is 0.0295 e. The van der Waals surface area contributed by atoms with Crippen molar-refractivity contribution in [3.63, 3.8) is 0 Å². The summed E-state index contributed by atoms with van der Waals surface area (Å²) >= 11 is 0. The fraction of sp³-hybridized carbons (Fsp3) is 1.00. The average molecular weight is 291 g/mol. The number of rotatable bonds is 0. The van der Waals surface area contributed by atoms with E-state index in [9.17, 15) is 0 Å². The van der Waals surface area contributed by atoms with Crippen LogP contribution >= 0.6 is 0 Å². The van der Waals surface area contributed by atoms with E-state index in [1.165, 1.54) is 6.42 Å². The highest BCUT2D eigenvalue weighted by atomic mass is 14.6. The van der Waals surface area contributed by atoms with Gasteiger partial charge in [0.15, 0.2) is 0 Å². The van der Waals surface area contributed by atoms with Gasteiger partial charge >= 0.3 is 0 Å². The normalized spacial score (nSPS) is 48.4. The first-order valence-electron chi connectivity index (χ1n) is 10.2. The van der Waals surface area contributed by atoms with E-state index in [4.69, 9.17) is 0 Å². The van der Waals surface area contributed by atoms with E-state index >= 15 is 0 Å². The fourth-order valence-corrected chi connectivity index (χ4v) is 6.82. The summed E-state index contributed by atoms with van der Waals surface area (Å²) in [5.41, 5.74) is 0.767. The maximum Gasteiger partial charge on any atom is -0.0295 e. The quantitative estimate of drug-likeness (QED) is 0.458. The van der Waals surface area contributed by atoms with Crippen LogP contribution in [0.15, 0.2) is 0 Å². The third-order valence-electron chi connectivity index (χ3n) is 7.66. The van der Waals surface area contributed by atoms with Crippen LogP contribution in [0.25, 0.3) is 0 Å². The van der Waals surface area contributed by atoms with Crippen LogP contribution in [-0.4, -0.2) is 0 Å². The van der Waals surface area contributed by atoms with Crippen LogP contribution in [0, 0.1) is 35.0 Å². The average Bonchev–Trinajstić information content (AvgIpc) is 2.89. The topological polar surface area (TPSA) is 0 Å². The van der Waals surface area contributed by atoms with Gasteiger partial charge in [-0.25, -0.2) is 0 Å². The first-order chi connectivity index (χ1) is 10.2. The highest BCUT2D eigenvalue weighted by Gasteiger charge is 2.52. The Hall–Kier alpha value is 0. The van der Waals surface area contributed by atoms with Gasteiger partial charge in [-0.05, 0) is 80.0 Å². The van der Waals surface area contributed by atoms with Crippen molar-refractivity contribution in [1.29, 1.82) is 0 Å². The lowest BCUT2D eigenvalue weighted by atomic mass is 9.51. The molecule has 0 heteroatoms. The predicted octanol–water partition coefficient (Wildman–Crippen LogP) is 6.84. The van der Waals surface area contributed by atoms with E-state index in [1.807, 2.05) is 0 Å². The molecule has 0 saturated heterocycles. The fourth-order valence-electron chi connectivity index (χ4n) is 6.82. The Kier molecular flexibility index (Phi) is 5.01. The minimum absolute atomic E-state index is 0.767. The van der Waals surface area contributed by atoms with Crippen LogP contribution in [0.4, 0.5) is 0 Å². The number of hydrogen-bond acceptors (Lipinski definition) is 0. The van der Waals surface area contributed by atoms with E-state index in [1.54, 1.807) is 70.6 Å². The van der Waals surface area contributed by atoms with Crippen molar-refractivity contribution in [1.82, 2.24) is 0 Å². The highest BCUT2D eigenvalue weighted by molar-refractivity contribution is 5.02. The van der Waals surface area contributed by atoms with Crippen LogP contribution in [0.3, 0.4) is 0 Å². The lowest BCUT2D eigenvalue weighted by Crippen LogP contribution is -2.46. The zero-order valence-corrected chi connectivity index (χ0v) is 14.9. The SMILES string of the molecule is CCC.C[C@@]12CCC[C@H]1[C@@H]1CCC3CCCC[C@@H]3[C@H]1CC2. The first-order valence-corrected chi connectivity index (χ1v) is 10.2. The second-order valence-electron chi connectivity index (χ2n) is 9.01. The van der Waals surface area contributed by atoms with Crippen molar-refractivity contribution in [2.45, 2.75) is 97.8 Å². The summed E-state index contributed by atoms with van der Waals surface area (Å²) in [6, 6.07) is 0.